The van der Waals surface area contributed by atoms with Crippen molar-refractivity contribution in [3.8, 4) is 0 Å². The van der Waals surface area contributed by atoms with E-state index in [4.69, 9.17) is 4.98 Å². The third-order valence-electron chi connectivity index (χ3n) is 4.17. The number of rotatable bonds is 9. The van der Waals surface area contributed by atoms with Gasteiger partial charge in [0, 0.05) is 18.8 Å². The van der Waals surface area contributed by atoms with Crippen LogP contribution in [0.5, 0.6) is 0 Å². The van der Waals surface area contributed by atoms with E-state index in [0.29, 0.717) is 12.0 Å². The van der Waals surface area contributed by atoms with Gasteiger partial charge in [0.25, 0.3) is 0 Å². The fraction of sp³-hybridized carbons (Fsp3) is 0.684. The predicted molar refractivity (Wildman–Crippen MR) is 98.9 cm³/mol. The summed E-state index contributed by atoms with van der Waals surface area (Å²) in [6.45, 7) is 12.0. The number of unbranched alkanes of at least 4 members (excludes halogenated alkanes) is 1. The average Bonchev–Trinajstić information content (AvgIpc) is 2.87. The van der Waals surface area contributed by atoms with Gasteiger partial charge in [0.2, 0.25) is 0 Å². The third kappa shape index (κ3) is 4.69. The minimum atomic E-state index is 0.500. The van der Waals surface area contributed by atoms with Crippen molar-refractivity contribution in [2.24, 2.45) is 5.92 Å². The number of anilines is 1. The topological polar surface area (TPSA) is 42.7 Å². The van der Waals surface area contributed by atoms with Gasteiger partial charge in [-0.2, -0.15) is 0 Å². The van der Waals surface area contributed by atoms with Gasteiger partial charge >= 0.3 is 0 Å². The van der Waals surface area contributed by atoms with E-state index in [0.717, 1.165) is 29.2 Å². The van der Waals surface area contributed by atoms with Gasteiger partial charge in [-0.3, -0.25) is 0 Å². The number of aryl methyl sites for hydroxylation is 1. The van der Waals surface area contributed by atoms with Crippen LogP contribution in [0.1, 0.15) is 65.6 Å². The summed E-state index contributed by atoms with van der Waals surface area (Å²) in [4.78, 5) is 9.34. The van der Waals surface area contributed by atoms with Crippen LogP contribution in [0.2, 0.25) is 0 Å². The lowest BCUT2D eigenvalue weighted by atomic mass is 10.1. The summed E-state index contributed by atoms with van der Waals surface area (Å²) >= 11 is 0. The molecule has 1 unspecified atom stereocenters. The second kappa shape index (κ2) is 8.32. The lowest BCUT2D eigenvalue weighted by Gasteiger charge is -2.20. The van der Waals surface area contributed by atoms with Crippen LogP contribution in [-0.4, -0.2) is 20.6 Å². The molecule has 0 aliphatic heterocycles. The van der Waals surface area contributed by atoms with E-state index >= 15 is 0 Å². The van der Waals surface area contributed by atoms with E-state index in [-0.39, 0.29) is 0 Å². The van der Waals surface area contributed by atoms with E-state index in [9.17, 15) is 0 Å². The number of aromatic nitrogens is 3. The normalized spacial score (nSPS) is 13.0. The van der Waals surface area contributed by atoms with Crippen molar-refractivity contribution in [2.45, 2.75) is 79.3 Å². The highest BCUT2D eigenvalue weighted by Crippen LogP contribution is 2.25. The number of nitrogens with one attached hydrogen (secondary N) is 1. The number of nitrogens with zero attached hydrogens (tertiary/aromatic N) is 3. The van der Waals surface area contributed by atoms with E-state index in [1.54, 1.807) is 0 Å². The van der Waals surface area contributed by atoms with Gasteiger partial charge in [-0.1, -0.05) is 47.0 Å². The molecule has 23 heavy (non-hydrogen) atoms. The molecule has 2 aromatic heterocycles. The summed E-state index contributed by atoms with van der Waals surface area (Å²) in [5.41, 5.74) is 2.20. The van der Waals surface area contributed by atoms with E-state index in [1.165, 1.54) is 32.1 Å². The van der Waals surface area contributed by atoms with Gasteiger partial charge < -0.3 is 9.88 Å². The van der Waals surface area contributed by atoms with Gasteiger partial charge in [0.15, 0.2) is 5.82 Å². The molecule has 4 heteroatoms. The number of hydrogen-bond donors (Lipinski definition) is 1. The standard InChI is InChI=1S/C19H32N4/c1-6-8-10-16(9-7-2)22-19-18-17(20-15(5)21-19)11-12-23(18)13-14(3)4/h11-12,14,16H,6-10,13H2,1-5H3,(H,20,21,22). The maximum Gasteiger partial charge on any atom is 0.154 e. The third-order valence-corrected chi connectivity index (χ3v) is 4.17. The van der Waals surface area contributed by atoms with Crippen LogP contribution in [0, 0.1) is 12.8 Å². The number of fused-ring (bicyclic) bond motifs is 1. The lowest BCUT2D eigenvalue weighted by molar-refractivity contribution is 0.534. The maximum absolute atomic E-state index is 4.73. The van der Waals surface area contributed by atoms with Crippen molar-refractivity contribution >= 4 is 16.9 Å². The van der Waals surface area contributed by atoms with E-state index in [2.05, 4.69) is 54.8 Å². The molecule has 128 valence electrons. The summed E-state index contributed by atoms with van der Waals surface area (Å²) in [6.07, 6.45) is 8.24. The zero-order valence-corrected chi connectivity index (χ0v) is 15.4. The van der Waals surface area contributed by atoms with Gasteiger partial charge in [-0.05, 0) is 31.7 Å². The summed E-state index contributed by atoms with van der Waals surface area (Å²) < 4.78 is 2.30. The fourth-order valence-electron chi connectivity index (χ4n) is 3.15. The molecule has 2 aromatic rings. The SMILES string of the molecule is CCCCC(CCC)Nc1nc(C)nc2ccn(CC(C)C)c12. The molecule has 0 spiro atoms. The van der Waals surface area contributed by atoms with Crippen LogP contribution in [-0.2, 0) is 6.54 Å². The van der Waals surface area contributed by atoms with Crippen LogP contribution < -0.4 is 5.32 Å². The number of hydrogen-bond acceptors (Lipinski definition) is 3. The zero-order valence-electron chi connectivity index (χ0n) is 15.4. The quantitative estimate of drug-likeness (QED) is 0.694. The molecule has 0 fully saturated rings. The molecule has 0 radical (unpaired) electrons. The van der Waals surface area contributed by atoms with Crippen LogP contribution in [0.3, 0.4) is 0 Å². The smallest absolute Gasteiger partial charge is 0.154 e. The molecule has 4 nitrogen and oxygen atoms in total. The molecular weight excluding hydrogens is 284 g/mol. The Balaban J connectivity index is 2.34. The van der Waals surface area contributed by atoms with Gasteiger partial charge in [0.05, 0.1) is 5.52 Å². The first kappa shape index (κ1) is 17.8. The lowest BCUT2D eigenvalue weighted by Crippen LogP contribution is -2.21. The zero-order chi connectivity index (χ0) is 16.8. The van der Waals surface area contributed by atoms with Crippen LogP contribution in [0.4, 0.5) is 5.82 Å². The Bertz CT molecular complexity index is 615. The van der Waals surface area contributed by atoms with Crippen molar-refractivity contribution in [2.75, 3.05) is 5.32 Å². The molecule has 2 rings (SSSR count). The second-order valence-corrected chi connectivity index (χ2v) is 6.99. The van der Waals surface area contributed by atoms with Crippen LogP contribution >= 0.6 is 0 Å². The summed E-state index contributed by atoms with van der Waals surface area (Å²) in [5.74, 6) is 2.45. The summed E-state index contributed by atoms with van der Waals surface area (Å²) in [6, 6.07) is 2.61. The second-order valence-electron chi connectivity index (χ2n) is 6.99. The first-order chi connectivity index (χ1) is 11.0. The molecule has 0 saturated heterocycles. The Morgan fingerprint density at radius 3 is 2.57 bits per heavy atom. The molecule has 0 saturated carbocycles. The van der Waals surface area contributed by atoms with Gasteiger partial charge in [0.1, 0.15) is 11.3 Å². The monoisotopic (exact) mass is 316 g/mol. The molecule has 0 amide bonds. The van der Waals surface area contributed by atoms with Crippen molar-refractivity contribution in [3.63, 3.8) is 0 Å². The Kier molecular flexibility index (Phi) is 6.43. The molecule has 1 atom stereocenters. The van der Waals surface area contributed by atoms with Gasteiger partial charge in [-0.15, -0.1) is 0 Å². The minimum absolute atomic E-state index is 0.500. The van der Waals surface area contributed by atoms with E-state index in [1.807, 2.05) is 6.92 Å². The molecule has 0 aliphatic carbocycles. The predicted octanol–water partition coefficient (Wildman–Crippen LogP) is 5.17. The summed E-state index contributed by atoms with van der Waals surface area (Å²) in [5, 5.41) is 3.73. The first-order valence-corrected chi connectivity index (χ1v) is 9.15. The van der Waals surface area contributed by atoms with Crippen molar-refractivity contribution in [1.29, 1.82) is 0 Å². The Labute approximate surface area is 140 Å². The van der Waals surface area contributed by atoms with Crippen LogP contribution in [0.25, 0.3) is 11.0 Å². The average molecular weight is 316 g/mol. The molecule has 0 bridgehead atoms. The van der Waals surface area contributed by atoms with Crippen LogP contribution in [0.15, 0.2) is 12.3 Å². The van der Waals surface area contributed by atoms with Crippen molar-refractivity contribution in [3.05, 3.63) is 18.1 Å². The molecular formula is C19H32N4. The van der Waals surface area contributed by atoms with Crippen molar-refractivity contribution in [1.82, 2.24) is 14.5 Å². The van der Waals surface area contributed by atoms with Crippen molar-refractivity contribution < 1.29 is 0 Å². The highest BCUT2D eigenvalue weighted by Gasteiger charge is 2.15. The molecule has 1 N–H and O–H groups in total. The summed E-state index contributed by atoms with van der Waals surface area (Å²) in [7, 11) is 0. The molecule has 0 aromatic carbocycles. The Hall–Kier alpha value is -1.58. The fourth-order valence-corrected chi connectivity index (χ4v) is 3.15. The highest BCUT2D eigenvalue weighted by atomic mass is 15.1. The Morgan fingerprint density at radius 1 is 1.13 bits per heavy atom. The van der Waals surface area contributed by atoms with Gasteiger partial charge in [-0.25, -0.2) is 9.97 Å². The minimum Gasteiger partial charge on any atom is -0.365 e. The molecule has 2 heterocycles. The first-order valence-electron chi connectivity index (χ1n) is 9.15. The van der Waals surface area contributed by atoms with E-state index < -0.39 is 0 Å². The largest absolute Gasteiger partial charge is 0.365 e. The molecule has 0 aliphatic rings. The Morgan fingerprint density at radius 2 is 1.91 bits per heavy atom. The maximum atomic E-state index is 4.73. The highest BCUT2D eigenvalue weighted by molar-refractivity contribution is 5.86.